The average Bonchev–Trinajstić information content (AvgIpc) is 3.60. The van der Waals surface area contributed by atoms with E-state index in [0.29, 0.717) is 6.61 Å². The number of nitrogens with one attached hydrogen (secondary N) is 1. The van der Waals surface area contributed by atoms with Gasteiger partial charge in [-0.2, -0.15) is 0 Å². The topological polar surface area (TPSA) is 114 Å². The van der Waals surface area contributed by atoms with Gasteiger partial charge in [-0.1, -0.05) is 284 Å². The highest BCUT2D eigenvalue weighted by atomic mass is 16.6. The van der Waals surface area contributed by atoms with Crippen LogP contribution in [0.4, 0.5) is 0 Å². The molecule has 1 fully saturated rings. The van der Waals surface area contributed by atoms with Crippen molar-refractivity contribution in [1.29, 1.82) is 0 Å². The zero-order valence-electron chi connectivity index (χ0n) is 43.3. The molecule has 1 aliphatic heterocycles. The van der Waals surface area contributed by atoms with Crippen molar-refractivity contribution < 1.29 is 19.7 Å². The van der Waals surface area contributed by atoms with Gasteiger partial charge in [0.15, 0.2) is 6.23 Å². The number of nitrogens with zero attached hydrogens (tertiary/aromatic N) is 1. The minimum atomic E-state index is -1.32. The van der Waals surface area contributed by atoms with Crippen molar-refractivity contribution in [2.24, 2.45) is 0 Å². The lowest BCUT2D eigenvalue weighted by atomic mass is 9.81. The Balaban J connectivity index is 1.99. The number of aromatic nitrogens is 2. The van der Waals surface area contributed by atoms with E-state index < -0.39 is 41.4 Å². The molecule has 8 nitrogen and oxygen atoms in total. The van der Waals surface area contributed by atoms with Crippen molar-refractivity contribution >= 4 is 0 Å². The molecule has 382 valence electrons. The van der Waals surface area contributed by atoms with Gasteiger partial charge in [-0.05, 0) is 19.3 Å². The Labute approximate surface area is 401 Å². The Bertz CT molecular complexity index is 1270. The molecule has 65 heavy (non-hydrogen) atoms. The Morgan fingerprint density at radius 3 is 1.11 bits per heavy atom. The minimum absolute atomic E-state index is 0.503. The van der Waals surface area contributed by atoms with E-state index in [0.717, 1.165) is 51.4 Å². The second kappa shape index (κ2) is 41.5. The molecule has 0 spiro atoms. The molecule has 0 unspecified atom stereocenters. The second-order valence-electron chi connectivity index (χ2n) is 20.6. The van der Waals surface area contributed by atoms with Crippen LogP contribution in [0.15, 0.2) is 21.9 Å². The van der Waals surface area contributed by atoms with Crippen molar-refractivity contribution in [2.75, 3.05) is 6.61 Å². The van der Waals surface area contributed by atoms with Crippen molar-refractivity contribution in [1.82, 2.24) is 9.55 Å². The summed E-state index contributed by atoms with van der Waals surface area (Å²) in [4.78, 5) is 27.1. The highest BCUT2D eigenvalue weighted by Crippen LogP contribution is 2.42. The summed E-state index contributed by atoms with van der Waals surface area (Å²) in [5.74, 6) is 0. The van der Waals surface area contributed by atoms with E-state index >= 15 is 0 Å². The van der Waals surface area contributed by atoms with E-state index in [1.165, 1.54) is 248 Å². The molecule has 0 radical (unpaired) electrons. The number of hydrogen-bond acceptors (Lipinski definition) is 6. The fourth-order valence-corrected chi connectivity index (χ4v) is 10.4. The quantitative estimate of drug-likeness (QED) is 0.0561. The van der Waals surface area contributed by atoms with Crippen LogP contribution in [0.5, 0.6) is 0 Å². The molecule has 1 aromatic heterocycles. The molecule has 0 amide bonds. The summed E-state index contributed by atoms with van der Waals surface area (Å²) in [5.41, 5.74) is -1.93. The van der Waals surface area contributed by atoms with Gasteiger partial charge in [-0.15, -0.1) is 0 Å². The fourth-order valence-electron chi connectivity index (χ4n) is 10.4. The minimum Gasteiger partial charge on any atom is -0.387 e. The number of unbranched alkanes of at least 4 members (excludes halogenated alkanes) is 39. The molecule has 8 heteroatoms. The van der Waals surface area contributed by atoms with Gasteiger partial charge in [0, 0.05) is 18.9 Å². The van der Waals surface area contributed by atoms with Gasteiger partial charge in [0.25, 0.3) is 5.56 Å². The zero-order valence-corrected chi connectivity index (χ0v) is 43.3. The van der Waals surface area contributed by atoms with Crippen LogP contribution in [0.25, 0.3) is 0 Å². The number of hydrogen-bond donors (Lipinski definition) is 3. The first-order valence-electron chi connectivity index (χ1n) is 28.9. The second-order valence-corrected chi connectivity index (χ2v) is 20.6. The van der Waals surface area contributed by atoms with Crippen LogP contribution < -0.4 is 11.2 Å². The van der Waals surface area contributed by atoms with Crippen LogP contribution in [-0.4, -0.2) is 50.3 Å². The maximum Gasteiger partial charge on any atom is 0.330 e. The van der Waals surface area contributed by atoms with Gasteiger partial charge in [-0.3, -0.25) is 14.3 Å². The molecule has 4 atom stereocenters. The summed E-state index contributed by atoms with van der Waals surface area (Å²) in [6, 6.07) is 1.26. The number of ether oxygens (including phenoxy) is 2. The molecule has 0 aromatic carbocycles. The van der Waals surface area contributed by atoms with Crippen LogP contribution >= 0.6 is 0 Å². The Morgan fingerprint density at radius 2 is 0.785 bits per heavy atom. The molecule has 2 heterocycles. The lowest BCUT2D eigenvalue weighted by Crippen LogP contribution is -2.51. The standard InChI is InChI=1S/C57H108N2O6/c1-4-7-10-13-16-19-22-25-28-31-34-37-40-43-47-57(48-44-41-38-35-32-29-26-23-20-17-14-11-8-5-2,54-52(61)53(62)55(65-54)59-49-46-51(60)58-56(59)63)64-50-45-42-39-36-33-30-27-24-21-18-15-12-9-6-3/h46,49,52-55,61-62H,4-45,47-48,50H2,1-3H3,(H,58,60,63)/t52-,53+,54-,55+/m0/s1. The number of aliphatic hydroxyl groups is 2. The van der Waals surface area contributed by atoms with Crippen molar-refractivity contribution in [3.8, 4) is 0 Å². The number of H-pyrrole nitrogens is 1. The summed E-state index contributed by atoms with van der Waals surface area (Å²) in [5, 5.41) is 23.2. The third kappa shape index (κ3) is 28.6. The first-order valence-corrected chi connectivity index (χ1v) is 28.9. The molecule has 1 saturated heterocycles. The molecule has 0 aliphatic carbocycles. The number of aliphatic hydroxyl groups excluding tert-OH is 2. The maximum absolute atomic E-state index is 12.9. The lowest BCUT2D eigenvalue weighted by molar-refractivity contribution is -0.179. The largest absolute Gasteiger partial charge is 0.387 e. The monoisotopic (exact) mass is 917 g/mol. The van der Waals surface area contributed by atoms with E-state index in [1.54, 1.807) is 0 Å². The average molecular weight is 917 g/mol. The van der Waals surface area contributed by atoms with Crippen LogP contribution in [0.2, 0.25) is 0 Å². The highest BCUT2D eigenvalue weighted by molar-refractivity contribution is 5.02. The molecule has 0 bridgehead atoms. The molecule has 1 aliphatic rings. The SMILES string of the molecule is CCCCCCCCCCCCCCCCOC(CCCCCCCCCCCCCCCC)(CCCCCCCCCCCCCCCC)[C@H]1O[C@@H](n2ccc(=O)[nH]c2=O)[C@H](O)[C@@H]1O. The molecule has 1 aromatic rings. The van der Waals surface area contributed by atoms with Crippen LogP contribution in [0, 0.1) is 0 Å². The predicted octanol–water partition coefficient (Wildman–Crippen LogP) is 16.1. The van der Waals surface area contributed by atoms with Gasteiger partial charge < -0.3 is 19.7 Å². The van der Waals surface area contributed by atoms with Crippen molar-refractivity contribution in [3.05, 3.63) is 33.1 Å². The first kappa shape index (κ1) is 59.6. The normalized spacial score (nSPS) is 17.7. The van der Waals surface area contributed by atoms with Crippen LogP contribution in [0.1, 0.15) is 310 Å². The molecule has 0 saturated carbocycles. The Kier molecular flexibility index (Phi) is 38.1. The van der Waals surface area contributed by atoms with E-state index in [4.69, 9.17) is 9.47 Å². The summed E-state index contributed by atoms with van der Waals surface area (Å²) in [7, 11) is 0. The summed E-state index contributed by atoms with van der Waals surface area (Å²) in [6.45, 7) is 7.45. The highest BCUT2D eigenvalue weighted by Gasteiger charge is 2.54. The van der Waals surface area contributed by atoms with Crippen LogP contribution in [0.3, 0.4) is 0 Å². The summed E-state index contributed by atoms with van der Waals surface area (Å²) < 4.78 is 14.9. The first-order chi connectivity index (χ1) is 31.9. The third-order valence-electron chi connectivity index (χ3n) is 14.7. The van der Waals surface area contributed by atoms with Gasteiger partial charge in [0.05, 0.1) is 5.60 Å². The van der Waals surface area contributed by atoms with E-state index in [2.05, 4.69) is 25.8 Å². The fraction of sp³-hybridized carbons (Fsp3) is 0.930. The van der Waals surface area contributed by atoms with Crippen LogP contribution in [-0.2, 0) is 9.47 Å². The van der Waals surface area contributed by atoms with Crippen molar-refractivity contribution in [2.45, 2.75) is 333 Å². The number of aromatic amines is 1. The van der Waals surface area contributed by atoms with Gasteiger partial charge >= 0.3 is 5.69 Å². The van der Waals surface area contributed by atoms with Crippen molar-refractivity contribution in [3.63, 3.8) is 0 Å². The third-order valence-corrected chi connectivity index (χ3v) is 14.7. The summed E-state index contributed by atoms with van der Waals surface area (Å²) >= 11 is 0. The Hall–Kier alpha value is -1.48. The van der Waals surface area contributed by atoms with E-state index in [-0.39, 0.29) is 0 Å². The predicted molar refractivity (Wildman–Crippen MR) is 276 cm³/mol. The molecule has 2 rings (SSSR count). The van der Waals surface area contributed by atoms with Gasteiger partial charge in [0.2, 0.25) is 0 Å². The zero-order chi connectivity index (χ0) is 46.9. The summed E-state index contributed by atoms with van der Waals surface area (Å²) in [6.07, 6.45) is 52.9. The Morgan fingerprint density at radius 1 is 0.477 bits per heavy atom. The molecular weight excluding hydrogens is 809 g/mol. The molecular formula is C57H108N2O6. The molecule has 3 N–H and O–H groups in total. The van der Waals surface area contributed by atoms with Gasteiger partial charge in [0.1, 0.15) is 18.3 Å². The lowest BCUT2D eigenvalue weighted by Gasteiger charge is -2.40. The van der Waals surface area contributed by atoms with E-state index in [1.807, 2.05) is 0 Å². The van der Waals surface area contributed by atoms with Gasteiger partial charge in [-0.25, -0.2) is 4.79 Å². The smallest absolute Gasteiger partial charge is 0.330 e. The maximum atomic E-state index is 12.9. The number of rotatable bonds is 48. The van der Waals surface area contributed by atoms with E-state index in [9.17, 15) is 19.8 Å².